The van der Waals surface area contributed by atoms with E-state index in [2.05, 4.69) is 10.2 Å². The molecule has 0 amide bonds. The van der Waals surface area contributed by atoms with Gasteiger partial charge < -0.3 is 0 Å². The molecule has 0 radical (unpaired) electrons. The predicted octanol–water partition coefficient (Wildman–Crippen LogP) is 1.85. The van der Waals surface area contributed by atoms with Crippen LogP contribution in [0.2, 0.25) is 0 Å². The van der Waals surface area contributed by atoms with Gasteiger partial charge in [-0.1, -0.05) is 12.1 Å². The van der Waals surface area contributed by atoms with Crippen molar-refractivity contribution >= 4 is 15.7 Å². The lowest BCUT2D eigenvalue weighted by atomic mass is 10.1. The van der Waals surface area contributed by atoms with Crippen LogP contribution in [0.25, 0.3) is 0 Å². The van der Waals surface area contributed by atoms with Gasteiger partial charge in [0.15, 0.2) is 0 Å². The topological polar surface area (TPSA) is 66.1 Å². The van der Waals surface area contributed by atoms with Crippen molar-refractivity contribution in [3.05, 3.63) is 41.7 Å². The van der Waals surface area contributed by atoms with Crippen molar-refractivity contribution in [3.63, 3.8) is 0 Å². The summed E-state index contributed by atoms with van der Waals surface area (Å²) in [5.74, 6) is 0. The van der Waals surface area contributed by atoms with E-state index in [4.69, 9.17) is 0 Å². The predicted molar refractivity (Wildman–Crippen MR) is 70.1 cm³/mol. The van der Waals surface area contributed by atoms with Crippen LogP contribution in [-0.4, -0.2) is 25.7 Å². The van der Waals surface area contributed by atoms with E-state index < -0.39 is 10.0 Å². The molecule has 0 atom stereocenters. The maximum absolute atomic E-state index is 12.3. The summed E-state index contributed by atoms with van der Waals surface area (Å²) < 4.78 is 25.9. The Balaban J connectivity index is 2.49. The number of hydrogen-bond donors (Lipinski definition) is 1. The maximum Gasteiger partial charge on any atom is 0.267 e. The van der Waals surface area contributed by atoms with Crippen LogP contribution in [0.1, 0.15) is 11.1 Å². The molecule has 1 aromatic carbocycles. The van der Waals surface area contributed by atoms with Crippen molar-refractivity contribution in [2.45, 2.75) is 18.7 Å². The Kier molecular flexibility index (Phi) is 3.13. The van der Waals surface area contributed by atoms with E-state index in [1.807, 2.05) is 32.0 Å². The van der Waals surface area contributed by atoms with Crippen molar-refractivity contribution in [1.29, 1.82) is 0 Å². The number of anilines is 1. The summed E-state index contributed by atoms with van der Waals surface area (Å²) in [6.45, 7) is 3.82. The number of rotatable bonds is 3. The van der Waals surface area contributed by atoms with Gasteiger partial charge in [-0.3, -0.25) is 9.40 Å². The SMILES string of the molecule is Cc1ccc(C)c(N(C)S(=O)(=O)c2cn[nH]c2)c1. The summed E-state index contributed by atoms with van der Waals surface area (Å²) in [6.07, 6.45) is 2.67. The second-order valence-corrected chi connectivity index (χ2v) is 6.17. The first-order valence-corrected chi connectivity index (χ1v) is 6.92. The number of sulfonamides is 1. The van der Waals surface area contributed by atoms with Crippen LogP contribution in [0.4, 0.5) is 5.69 Å². The summed E-state index contributed by atoms with van der Waals surface area (Å²) >= 11 is 0. The summed E-state index contributed by atoms with van der Waals surface area (Å²) in [5, 5.41) is 6.19. The van der Waals surface area contributed by atoms with E-state index in [0.29, 0.717) is 5.69 Å². The molecule has 0 unspecified atom stereocenters. The largest absolute Gasteiger partial charge is 0.284 e. The Labute approximate surface area is 107 Å². The van der Waals surface area contributed by atoms with Crippen LogP contribution in [0.5, 0.6) is 0 Å². The molecule has 18 heavy (non-hydrogen) atoms. The molecule has 0 aliphatic heterocycles. The number of nitrogens with zero attached hydrogens (tertiary/aromatic N) is 2. The molecular formula is C12H15N3O2S. The first-order valence-electron chi connectivity index (χ1n) is 5.48. The van der Waals surface area contributed by atoms with E-state index in [1.165, 1.54) is 16.7 Å². The summed E-state index contributed by atoms with van der Waals surface area (Å²) in [4.78, 5) is 0.158. The molecular weight excluding hydrogens is 250 g/mol. The van der Waals surface area contributed by atoms with Crippen LogP contribution in [0, 0.1) is 13.8 Å². The lowest BCUT2D eigenvalue weighted by molar-refractivity contribution is 0.594. The zero-order valence-corrected chi connectivity index (χ0v) is 11.3. The van der Waals surface area contributed by atoms with Crippen LogP contribution in [0.15, 0.2) is 35.5 Å². The molecule has 96 valence electrons. The average molecular weight is 265 g/mol. The standard InChI is InChI=1S/C12H15N3O2S/c1-9-4-5-10(2)12(6-9)15(3)18(16,17)11-7-13-14-8-11/h4-8H,1-3H3,(H,13,14). The van der Waals surface area contributed by atoms with Gasteiger partial charge in [0, 0.05) is 13.2 Å². The van der Waals surface area contributed by atoms with Crippen molar-refractivity contribution < 1.29 is 8.42 Å². The minimum atomic E-state index is -3.55. The van der Waals surface area contributed by atoms with E-state index in [0.717, 1.165) is 11.1 Å². The molecule has 6 heteroatoms. The molecule has 1 N–H and O–H groups in total. The van der Waals surface area contributed by atoms with Crippen molar-refractivity contribution in [2.24, 2.45) is 0 Å². The molecule has 2 aromatic rings. The van der Waals surface area contributed by atoms with Gasteiger partial charge in [-0.2, -0.15) is 5.10 Å². The number of aromatic nitrogens is 2. The first kappa shape index (κ1) is 12.6. The van der Waals surface area contributed by atoms with Crippen LogP contribution >= 0.6 is 0 Å². The zero-order valence-electron chi connectivity index (χ0n) is 10.5. The Morgan fingerprint density at radius 3 is 2.61 bits per heavy atom. The number of aromatic amines is 1. The van der Waals surface area contributed by atoms with Gasteiger partial charge in [0.05, 0.1) is 11.9 Å². The highest BCUT2D eigenvalue weighted by Gasteiger charge is 2.23. The highest BCUT2D eigenvalue weighted by atomic mass is 32.2. The van der Waals surface area contributed by atoms with Gasteiger partial charge in [-0.25, -0.2) is 8.42 Å². The molecule has 5 nitrogen and oxygen atoms in total. The minimum Gasteiger partial charge on any atom is -0.284 e. The van der Waals surface area contributed by atoms with Gasteiger partial charge >= 0.3 is 0 Å². The number of H-pyrrole nitrogens is 1. The molecule has 0 aliphatic rings. The maximum atomic E-state index is 12.3. The van der Waals surface area contributed by atoms with Crippen molar-refractivity contribution in [3.8, 4) is 0 Å². The Morgan fingerprint density at radius 2 is 2.00 bits per heavy atom. The fraction of sp³-hybridized carbons (Fsp3) is 0.250. The normalized spacial score (nSPS) is 11.5. The molecule has 1 heterocycles. The highest BCUT2D eigenvalue weighted by molar-refractivity contribution is 7.92. The second-order valence-electron chi connectivity index (χ2n) is 4.20. The third-order valence-electron chi connectivity index (χ3n) is 2.84. The van der Waals surface area contributed by atoms with E-state index in [1.54, 1.807) is 7.05 Å². The fourth-order valence-corrected chi connectivity index (χ4v) is 2.89. The van der Waals surface area contributed by atoms with Crippen LogP contribution in [0.3, 0.4) is 0 Å². The molecule has 2 rings (SSSR count). The van der Waals surface area contributed by atoms with Gasteiger partial charge in [-0.05, 0) is 31.0 Å². The van der Waals surface area contributed by atoms with Gasteiger partial charge in [0.2, 0.25) is 0 Å². The Morgan fingerprint density at radius 1 is 1.28 bits per heavy atom. The Bertz CT molecular complexity index is 648. The number of nitrogens with one attached hydrogen (secondary N) is 1. The minimum absolute atomic E-state index is 0.158. The lowest BCUT2D eigenvalue weighted by Gasteiger charge is -2.20. The van der Waals surface area contributed by atoms with Crippen molar-refractivity contribution in [1.82, 2.24) is 10.2 Å². The summed E-state index contributed by atoms with van der Waals surface area (Å²) in [7, 11) is -2.00. The van der Waals surface area contributed by atoms with E-state index >= 15 is 0 Å². The third kappa shape index (κ3) is 2.11. The lowest BCUT2D eigenvalue weighted by Crippen LogP contribution is -2.27. The monoisotopic (exact) mass is 265 g/mol. The molecule has 0 aliphatic carbocycles. The number of aryl methyl sites for hydroxylation is 2. The van der Waals surface area contributed by atoms with E-state index in [-0.39, 0.29) is 4.90 Å². The third-order valence-corrected chi connectivity index (χ3v) is 4.57. The van der Waals surface area contributed by atoms with Crippen LogP contribution in [-0.2, 0) is 10.0 Å². The number of hydrogen-bond acceptors (Lipinski definition) is 3. The zero-order chi connectivity index (χ0) is 13.3. The second kappa shape index (κ2) is 4.45. The average Bonchev–Trinajstić information content (AvgIpc) is 2.85. The van der Waals surface area contributed by atoms with Gasteiger partial charge in [0.1, 0.15) is 4.90 Å². The Hall–Kier alpha value is -1.82. The fourth-order valence-electron chi connectivity index (χ4n) is 1.73. The molecule has 0 saturated carbocycles. The smallest absolute Gasteiger partial charge is 0.267 e. The quantitative estimate of drug-likeness (QED) is 0.921. The summed E-state index contributed by atoms with van der Waals surface area (Å²) in [5.41, 5.74) is 2.61. The first-order chi connectivity index (χ1) is 8.43. The molecule has 0 fully saturated rings. The molecule has 0 bridgehead atoms. The van der Waals surface area contributed by atoms with Crippen molar-refractivity contribution in [2.75, 3.05) is 11.4 Å². The summed E-state index contributed by atoms with van der Waals surface area (Å²) in [6, 6.07) is 5.72. The van der Waals surface area contributed by atoms with Gasteiger partial charge in [0.25, 0.3) is 10.0 Å². The van der Waals surface area contributed by atoms with E-state index in [9.17, 15) is 8.42 Å². The molecule has 0 spiro atoms. The van der Waals surface area contributed by atoms with Crippen LogP contribution < -0.4 is 4.31 Å². The highest BCUT2D eigenvalue weighted by Crippen LogP contribution is 2.25. The molecule has 1 aromatic heterocycles. The molecule has 0 saturated heterocycles. The van der Waals surface area contributed by atoms with Gasteiger partial charge in [-0.15, -0.1) is 0 Å². The number of benzene rings is 1.